The summed E-state index contributed by atoms with van der Waals surface area (Å²) in [7, 11) is 1.64. The molecule has 3 aromatic rings. The molecule has 170 valence electrons. The standard InChI is InChI=1S/C22H23Cl3N4O2S/c1-22(2,13-23)20(30)26-11-19-27-28-21(29(19)18-8-7-15(24)10-17(18)25)32-12-14-5-4-6-16(9-14)31-3/h4-10H,11-13H2,1-3H3,(H,26,30). The van der Waals surface area contributed by atoms with Gasteiger partial charge in [0.15, 0.2) is 11.0 Å². The van der Waals surface area contributed by atoms with Crippen molar-refractivity contribution >= 4 is 52.5 Å². The number of halogens is 3. The van der Waals surface area contributed by atoms with E-state index in [0.29, 0.717) is 32.5 Å². The van der Waals surface area contributed by atoms with Crippen LogP contribution in [0.15, 0.2) is 47.6 Å². The Bertz CT molecular complexity index is 1100. The molecule has 1 aromatic heterocycles. The van der Waals surface area contributed by atoms with Gasteiger partial charge < -0.3 is 10.1 Å². The Hall–Kier alpha value is -1.93. The van der Waals surface area contributed by atoms with Crippen molar-refractivity contribution in [2.45, 2.75) is 31.3 Å². The second kappa shape index (κ2) is 10.8. The van der Waals surface area contributed by atoms with Crippen molar-refractivity contribution in [2.24, 2.45) is 5.41 Å². The molecule has 0 aliphatic carbocycles. The van der Waals surface area contributed by atoms with Crippen LogP contribution in [0.5, 0.6) is 5.75 Å². The molecule has 6 nitrogen and oxygen atoms in total. The van der Waals surface area contributed by atoms with E-state index in [4.69, 9.17) is 39.5 Å². The maximum absolute atomic E-state index is 12.5. The molecule has 0 atom stereocenters. The summed E-state index contributed by atoms with van der Waals surface area (Å²) < 4.78 is 7.13. The molecule has 0 saturated heterocycles. The SMILES string of the molecule is COc1cccc(CSc2nnc(CNC(=O)C(C)(C)CCl)n2-c2ccc(Cl)cc2Cl)c1. The van der Waals surface area contributed by atoms with Gasteiger partial charge in [-0.15, -0.1) is 21.8 Å². The number of hydrogen-bond acceptors (Lipinski definition) is 5. The number of ether oxygens (including phenoxy) is 1. The van der Waals surface area contributed by atoms with Crippen molar-refractivity contribution < 1.29 is 9.53 Å². The molecular weight excluding hydrogens is 491 g/mol. The largest absolute Gasteiger partial charge is 0.497 e. The Balaban J connectivity index is 1.90. The van der Waals surface area contributed by atoms with Gasteiger partial charge in [0.25, 0.3) is 0 Å². The molecule has 0 fully saturated rings. The van der Waals surface area contributed by atoms with Crippen molar-refractivity contribution in [2.75, 3.05) is 13.0 Å². The first-order valence-electron chi connectivity index (χ1n) is 9.75. The molecule has 1 N–H and O–H groups in total. The number of alkyl halides is 1. The molecule has 0 bridgehead atoms. The van der Waals surface area contributed by atoms with Crippen LogP contribution in [0, 0.1) is 5.41 Å². The van der Waals surface area contributed by atoms with Gasteiger partial charge in [-0.2, -0.15) is 0 Å². The van der Waals surface area contributed by atoms with Crippen LogP contribution in [-0.2, 0) is 17.1 Å². The van der Waals surface area contributed by atoms with Crippen LogP contribution in [0.3, 0.4) is 0 Å². The Kier molecular flexibility index (Phi) is 8.33. The molecule has 10 heteroatoms. The van der Waals surface area contributed by atoms with Crippen LogP contribution in [0.25, 0.3) is 5.69 Å². The number of benzene rings is 2. The van der Waals surface area contributed by atoms with Gasteiger partial charge in [0.1, 0.15) is 5.75 Å². The monoisotopic (exact) mass is 512 g/mol. The van der Waals surface area contributed by atoms with Crippen LogP contribution < -0.4 is 10.1 Å². The van der Waals surface area contributed by atoms with Crippen molar-refractivity contribution in [1.82, 2.24) is 20.1 Å². The lowest BCUT2D eigenvalue weighted by Crippen LogP contribution is -2.38. The van der Waals surface area contributed by atoms with E-state index < -0.39 is 5.41 Å². The summed E-state index contributed by atoms with van der Waals surface area (Å²) in [6, 6.07) is 13.0. The number of carbonyl (C=O) groups excluding carboxylic acids is 1. The van der Waals surface area contributed by atoms with Gasteiger partial charge in [-0.05, 0) is 49.7 Å². The molecule has 0 spiro atoms. The highest BCUT2D eigenvalue weighted by atomic mass is 35.5. The zero-order valence-electron chi connectivity index (χ0n) is 17.9. The third-order valence-corrected chi connectivity index (χ3v) is 6.91. The molecule has 1 heterocycles. The zero-order chi connectivity index (χ0) is 23.3. The fourth-order valence-corrected chi connectivity index (χ4v) is 4.30. The molecule has 0 unspecified atom stereocenters. The Labute approximate surface area is 206 Å². The first kappa shape index (κ1) is 24.7. The van der Waals surface area contributed by atoms with Crippen LogP contribution in [0.4, 0.5) is 0 Å². The number of hydrogen-bond donors (Lipinski definition) is 1. The highest BCUT2D eigenvalue weighted by Crippen LogP contribution is 2.31. The summed E-state index contributed by atoms with van der Waals surface area (Å²) >= 11 is 20.0. The van der Waals surface area contributed by atoms with Crippen LogP contribution in [0.2, 0.25) is 10.0 Å². The second-order valence-electron chi connectivity index (χ2n) is 7.67. The van der Waals surface area contributed by atoms with Gasteiger partial charge >= 0.3 is 0 Å². The second-order valence-corrected chi connectivity index (χ2v) is 9.72. The fraction of sp³-hybridized carbons (Fsp3) is 0.318. The van der Waals surface area contributed by atoms with E-state index in [9.17, 15) is 4.79 Å². The Morgan fingerprint density at radius 3 is 2.66 bits per heavy atom. The quantitative estimate of drug-likeness (QED) is 0.291. The summed E-state index contributed by atoms with van der Waals surface area (Å²) in [6.45, 7) is 3.74. The van der Waals surface area contributed by atoms with Crippen LogP contribution in [0.1, 0.15) is 25.2 Å². The highest BCUT2D eigenvalue weighted by Gasteiger charge is 2.27. The predicted octanol–water partition coefficient (Wildman–Crippen LogP) is 5.76. The van der Waals surface area contributed by atoms with Crippen molar-refractivity contribution in [3.63, 3.8) is 0 Å². The van der Waals surface area contributed by atoms with E-state index in [-0.39, 0.29) is 18.3 Å². The molecule has 1 amide bonds. The maximum Gasteiger partial charge on any atom is 0.227 e. The average molecular weight is 514 g/mol. The number of carbonyl (C=O) groups is 1. The summed E-state index contributed by atoms with van der Waals surface area (Å²) in [5.41, 5.74) is 1.05. The summed E-state index contributed by atoms with van der Waals surface area (Å²) in [4.78, 5) is 12.5. The van der Waals surface area contributed by atoms with E-state index >= 15 is 0 Å². The minimum atomic E-state index is -0.700. The predicted molar refractivity (Wildman–Crippen MR) is 130 cm³/mol. The fourth-order valence-electron chi connectivity index (χ4n) is 2.78. The van der Waals surface area contributed by atoms with E-state index in [0.717, 1.165) is 11.3 Å². The third kappa shape index (κ3) is 5.90. The van der Waals surface area contributed by atoms with E-state index in [2.05, 4.69) is 15.5 Å². The van der Waals surface area contributed by atoms with Crippen molar-refractivity contribution in [1.29, 1.82) is 0 Å². The lowest BCUT2D eigenvalue weighted by Gasteiger charge is -2.20. The van der Waals surface area contributed by atoms with E-state index in [1.165, 1.54) is 11.8 Å². The first-order valence-corrected chi connectivity index (χ1v) is 12.0. The molecule has 32 heavy (non-hydrogen) atoms. The minimum absolute atomic E-state index is 0.171. The molecular formula is C22H23Cl3N4O2S. The van der Waals surface area contributed by atoms with Crippen LogP contribution >= 0.6 is 46.6 Å². The summed E-state index contributed by atoms with van der Waals surface area (Å²) in [6.07, 6.45) is 0. The van der Waals surface area contributed by atoms with Gasteiger partial charge in [-0.25, -0.2) is 0 Å². The number of aromatic nitrogens is 3. The lowest BCUT2D eigenvalue weighted by atomic mass is 9.95. The number of amides is 1. The summed E-state index contributed by atoms with van der Waals surface area (Å²) in [5, 5.41) is 13.2. The molecule has 0 saturated carbocycles. The molecule has 0 aliphatic heterocycles. The zero-order valence-corrected chi connectivity index (χ0v) is 20.9. The van der Waals surface area contributed by atoms with Gasteiger partial charge in [-0.1, -0.05) is 47.1 Å². The van der Waals surface area contributed by atoms with Crippen molar-refractivity contribution in [3.05, 3.63) is 63.9 Å². The van der Waals surface area contributed by atoms with E-state index in [1.54, 1.807) is 39.2 Å². The number of thioether (sulfide) groups is 1. The molecule has 3 rings (SSSR count). The topological polar surface area (TPSA) is 69.0 Å². The smallest absolute Gasteiger partial charge is 0.227 e. The Morgan fingerprint density at radius 1 is 1.19 bits per heavy atom. The van der Waals surface area contributed by atoms with Crippen molar-refractivity contribution in [3.8, 4) is 11.4 Å². The number of nitrogens with one attached hydrogen (secondary N) is 1. The van der Waals surface area contributed by atoms with Gasteiger partial charge in [0, 0.05) is 16.7 Å². The number of rotatable bonds is 9. The minimum Gasteiger partial charge on any atom is -0.497 e. The van der Waals surface area contributed by atoms with Gasteiger partial charge in [0.2, 0.25) is 5.91 Å². The normalized spacial score (nSPS) is 11.4. The molecule has 0 aliphatic rings. The molecule has 2 aromatic carbocycles. The highest BCUT2D eigenvalue weighted by molar-refractivity contribution is 7.98. The molecule has 0 radical (unpaired) electrons. The Morgan fingerprint density at radius 2 is 1.97 bits per heavy atom. The first-order chi connectivity index (χ1) is 15.2. The maximum atomic E-state index is 12.5. The average Bonchev–Trinajstić information content (AvgIpc) is 3.18. The lowest BCUT2D eigenvalue weighted by molar-refractivity contribution is -0.128. The van der Waals surface area contributed by atoms with Gasteiger partial charge in [-0.3, -0.25) is 9.36 Å². The number of nitrogens with zero attached hydrogens (tertiary/aromatic N) is 3. The number of methoxy groups -OCH3 is 1. The third-order valence-electron chi connectivity index (χ3n) is 4.71. The van der Waals surface area contributed by atoms with Crippen LogP contribution in [-0.4, -0.2) is 33.7 Å². The van der Waals surface area contributed by atoms with Gasteiger partial charge in [0.05, 0.1) is 29.8 Å². The van der Waals surface area contributed by atoms with E-state index in [1.807, 2.05) is 28.8 Å². The summed E-state index contributed by atoms with van der Waals surface area (Å²) in [5.74, 6) is 2.01.